The molecule has 3 rings (SSSR count). The molecule has 0 saturated carbocycles. The fourth-order valence-corrected chi connectivity index (χ4v) is 3.00. The molecule has 0 radical (unpaired) electrons. The lowest BCUT2D eigenvalue weighted by Crippen LogP contribution is -2.27. The fraction of sp³-hybridized carbons (Fsp3) is 0.278. The van der Waals surface area contributed by atoms with Gasteiger partial charge < -0.3 is 14.5 Å². The van der Waals surface area contributed by atoms with Crippen molar-refractivity contribution in [1.82, 2.24) is 4.98 Å². The van der Waals surface area contributed by atoms with Gasteiger partial charge in [0.2, 0.25) is 0 Å². The van der Waals surface area contributed by atoms with E-state index in [2.05, 4.69) is 9.72 Å². The minimum atomic E-state index is -0.746. The summed E-state index contributed by atoms with van der Waals surface area (Å²) in [5.74, 6) is -0.115. The van der Waals surface area contributed by atoms with Crippen LogP contribution in [0.5, 0.6) is 5.75 Å². The van der Waals surface area contributed by atoms with Gasteiger partial charge in [0.05, 0.1) is 14.2 Å². The quantitative estimate of drug-likeness (QED) is 0.873. The number of carbonyl (C=O) groups excluding carboxylic acids is 2. The van der Waals surface area contributed by atoms with Crippen LogP contribution in [0.15, 0.2) is 35.1 Å². The second-order valence-corrected chi connectivity index (χ2v) is 5.70. The monoisotopic (exact) mass is 327 g/mol. The maximum atomic E-state index is 12.5. The molecule has 1 heterocycles. The zero-order chi connectivity index (χ0) is 17.3. The van der Waals surface area contributed by atoms with E-state index in [9.17, 15) is 14.4 Å². The number of methoxy groups -OCH3 is 2. The molecular weight excluding hydrogens is 310 g/mol. The number of aromatic nitrogens is 1. The number of H-pyrrole nitrogens is 1. The molecule has 1 atom stereocenters. The van der Waals surface area contributed by atoms with E-state index in [1.165, 1.54) is 13.2 Å². The van der Waals surface area contributed by atoms with E-state index in [1.54, 1.807) is 7.11 Å². The van der Waals surface area contributed by atoms with Crippen LogP contribution in [-0.4, -0.2) is 31.0 Å². The lowest BCUT2D eigenvalue weighted by Gasteiger charge is -2.24. The highest BCUT2D eigenvalue weighted by molar-refractivity contribution is 6.01. The van der Waals surface area contributed by atoms with Crippen LogP contribution in [0.3, 0.4) is 0 Å². The Kier molecular flexibility index (Phi) is 4.20. The van der Waals surface area contributed by atoms with E-state index in [0.717, 1.165) is 11.3 Å². The number of pyridine rings is 1. The third-order valence-corrected chi connectivity index (χ3v) is 4.30. The number of benzene rings is 1. The number of nitrogens with one attached hydrogen (secondary N) is 1. The van der Waals surface area contributed by atoms with E-state index in [0.29, 0.717) is 24.1 Å². The summed E-state index contributed by atoms with van der Waals surface area (Å²) in [7, 11) is 2.79. The molecule has 1 aliphatic rings. The Hall–Kier alpha value is -2.89. The minimum absolute atomic E-state index is 0.0180. The first kappa shape index (κ1) is 16.0. The Labute approximate surface area is 138 Å². The number of rotatable bonds is 3. The number of ether oxygens (including phenoxy) is 2. The smallest absolute Gasteiger partial charge is 0.343 e. The number of Topliss-reactive ketones (excluding diaryl/α,β-unsaturated/α-hetero) is 1. The Bertz CT molecular complexity index is 851. The molecule has 1 aliphatic carbocycles. The van der Waals surface area contributed by atoms with Crippen LogP contribution < -0.4 is 10.3 Å². The maximum absolute atomic E-state index is 12.5. The maximum Gasteiger partial charge on any atom is 0.343 e. The summed E-state index contributed by atoms with van der Waals surface area (Å²) >= 11 is 0. The number of hydrogen-bond acceptors (Lipinski definition) is 5. The fourth-order valence-electron chi connectivity index (χ4n) is 3.00. The predicted octanol–water partition coefficient (Wildman–Crippen LogP) is 2.08. The van der Waals surface area contributed by atoms with Gasteiger partial charge in [-0.1, -0.05) is 12.1 Å². The zero-order valence-corrected chi connectivity index (χ0v) is 13.4. The van der Waals surface area contributed by atoms with Gasteiger partial charge in [0.25, 0.3) is 5.56 Å². The first-order chi connectivity index (χ1) is 11.5. The molecule has 0 fully saturated rings. The molecule has 1 N–H and O–H groups in total. The standard InChI is InChI=1S/C18H17NO5/c1-23-12-5-3-10(4-6-12)11-7-15-13(16(20)8-11)9-14(17(21)19-15)18(22)24-2/h3-6,9,11H,7-8H2,1-2H3,(H,19,21)/t11-/m1/s1. The Morgan fingerprint density at radius 3 is 2.46 bits per heavy atom. The summed E-state index contributed by atoms with van der Waals surface area (Å²) < 4.78 is 9.71. The topological polar surface area (TPSA) is 85.5 Å². The largest absolute Gasteiger partial charge is 0.497 e. The second kappa shape index (κ2) is 6.31. The first-order valence-electron chi connectivity index (χ1n) is 7.55. The van der Waals surface area contributed by atoms with E-state index in [-0.39, 0.29) is 17.3 Å². The van der Waals surface area contributed by atoms with Crippen molar-refractivity contribution in [2.75, 3.05) is 14.2 Å². The lowest BCUT2D eigenvalue weighted by atomic mass is 9.81. The van der Waals surface area contributed by atoms with Crippen LogP contribution in [0.1, 0.15) is 44.3 Å². The number of esters is 1. The molecule has 24 heavy (non-hydrogen) atoms. The van der Waals surface area contributed by atoms with E-state index >= 15 is 0 Å². The van der Waals surface area contributed by atoms with E-state index in [4.69, 9.17) is 4.74 Å². The predicted molar refractivity (Wildman–Crippen MR) is 86.8 cm³/mol. The molecule has 1 aromatic heterocycles. The second-order valence-electron chi connectivity index (χ2n) is 5.70. The van der Waals surface area contributed by atoms with Gasteiger partial charge >= 0.3 is 5.97 Å². The highest BCUT2D eigenvalue weighted by Gasteiger charge is 2.29. The molecule has 0 spiro atoms. The van der Waals surface area contributed by atoms with Crippen LogP contribution >= 0.6 is 0 Å². The number of aromatic amines is 1. The van der Waals surface area contributed by atoms with Gasteiger partial charge in [-0.2, -0.15) is 0 Å². The SMILES string of the molecule is COC(=O)c1cc2c([nH]c1=O)C[C@@H](c1ccc(OC)cc1)CC2=O. The van der Waals surface area contributed by atoms with Gasteiger partial charge in [-0.3, -0.25) is 9.59 Å². The van der Waals surface area contributed by atoms with Crippen LogP contribution in [0.2, 0.25) is 0 Å². The minimum Gasteiger partial charge on any atom is -0.497 e. The number of ketones is 1. The van der Waals surface area contributed by atoms with Gasteiger partial charge in [-0.05, 0) is 36.1 Å². The first-order valence-corrected chi connectivity index (χ1v) is 7.55. The van der Waals surface area contributed by atoms with Gasteiger partial charge in [-0.15, -0.1) is 0 Å². The number of carbonyl (C=O) groups is 2. The molecule has 0 aliphatic heterocycles. The van der Waals surface area contributed by atoms with Crippen LogP contribution in [0.25, 0.3) is 0 Å². The summed E-state index contributed by atoms with van der Waals surface area (Å²) in [6.45, 7) is 0. The molecule has 0 saturated heterocycles. The summed E-state index contributed by atoms with van der Waals surface area (Å²) in [6.07, 6.45) is 0.857. The van der Waals surface area contributed by atoms with Crippen LogP contribution in [0, 0.1) is 0 Å². The lowest BCUT2D eigenvalue weighted by molar-refractivity contribution is 0.0598. The molecular formula is C18H17NO5. The Morgan fingerprint density at radius 2 is 1.83 bits per heavy atom. The summed E-state index contributed by atoms with van der Waals surface area (Å²) in [6, 6.07) is 8.87. The highest BCUT2D eigenvalue weighted by Crippen LogP contribution is 2.32. The average Bonchev–Trinajstić information content (AvgIpc) is 2.60. The average molecular weight is 327 g/mol. The zero-order valence-electron chi connectivity index (χ0n) is 13.4. The molecule has 2 aromatic rings. The van der Waals surface area contributed by atoms with Gasteiger partial charge in [0, 0.05) is 17.7 Å². The molecule has 124 valence electrons. The normalized spacial score (nSPS) is 16.4. The van der Waals surface area contributed by atoms with Crippen LogP contribution in [-0.2, 0) is 11.2 Å². The number of hydrogen-bond donors (Lipinski definition) is 1. The van der Waals surface area contributed by atoms with Crippen molar-refractivity contribution < 1.29 is 19.1 Å². The molecule has 0 bridgehead atoms. The Morgan fingerprint density at radius 1 is 1.12 bits per heavy atom. The molecule has 6 nitrogen and oxygen atoms in total. The van der Waals surface area contributed by atoms with Crippen molar-refractivity contribution >= 4 is 11.8 Å². The van der Waals surface area contributed by atoms with Gasteiger partial charge in [0.1, 0.15) is 11.3 Å². The van der Waals surface area contributed by atoms with Crippen molar-refractivity contribution in [3.63, 3.8) is 0 Å². The van der Waals surface area contributed by atoms with Gasteiger partial charge in [-0.25, -0.2) is 4.79 Å². The third-order valence-electron chi connectivity index (χ3n) is 4.30. The summed E-state index contributed by atoms with van der Waals surface area (Å²) in [4.78, 5) is 38.8. The molecule has 6 heteroatoms. The van der Waals surface area contributed by atoms with E-state index < -0.39 is 11.5 Å². The number of fused-ring (bicyclic) bond motifs is 1. The van der Waals surface area contributed by atoms with Crippen molar-refractivity contribution in [2.24, 2.45) is 0 Å². The summed E-state index contributed by atoms with van der Waals surface area (Å²) in [5.41, 5.74) is 1.27. The van der Waals surface area contributed by atoms with E-state index in [1.807, 2.05) is 24.3 Å². The molecule has 0 unspecified atom stereocenters. The third kappa shape index (κ3) is 2.82. The van der Waals surface area contributed by atoms with Crippen molar-refractivity contribution in [3.8, 4) is 5.75 Å². The van der Waals surface area contributed by atoms with Crippen LogP contribution in [0.4, 0.5) is 0 Å². The molecule has 0 amide bonds. The van der Waals surface area contributed by atoms with Gasteiger partial charge in [0.15, 0.2) is 5.78 Å². The Balaban J connectivity index is 1.95. The molecule has 1 aromatic carbocycles. The highest BCUT2D eigenvalue weighted by atomic mass is 16.5. The van der Waals surface area contributed by atoms with Crippen molar-refractivity contribution in [3.05, 3.63) is 63.1 Å². The summed E-state index contributed by atoms with van der Waals surface area (Å²) in [5, 5.41) is 0. The van der Waals surface area contributed by atoms with Crippen molar-refractivity contribution in [1.29, 1.82) is 0 Å². The van der Waals surface area contributed by atoms with Crippen molar-refractivity contribution in [2.45, 2.75) is 18.8 Å².